The van der Waals surface area contributed by atoms with Gasteiger partial charge in [0.05, 0.1) is 22.6 Å². The molecule has 2 aromatic rings. The molecule has 0 bridgehead atoms. The van der Waals surface area contributed by atoms with Crippen molar-refractivity contribution in [1.82, 2.24) is 9.62 Å². The van der Waals surface area contributed by atoms with Gasteiger partial charge in [0, 0.05) is 31.1 Å². The maximum Gasteiger partial charge on any atom is 0.243 e. The number of rotatable bonds is 7. The standard InChI is InChI=1S/C25H29N3O4S/c26-17-19-9-11-23(12-10-19)33(30,31)28-15-13-20(14-16-28)25(29)27-18-21-5-1-4-8-24(21)32-22-6-2-3-7-22/h1,4-5,8-12,20,22H,2-3,6-7,13-16,18H2,(H,27,29). The van der Waals surface area contributed by atoms with Crippen LogP contribution in [0.4, 0.5) is 0 Å². The van der Waals surface area contributed by atoms with Gasteiger partial charge in [-0.3, -0.25) is 4.79 Å². The quantitative estimate of drug-likeness (QED) is 0.671. The van der Waals surface area contributed by atoms with Gasteiger partial charge in [0.1, 0.15) is 5.75 Å². The molecule has 7 nitrogen and oxygen atoms in total. The summed E-state index contributed by atoms with van der Waals surface area (Å²) in [7, 11) is -3.63. The minimum Gasteiger partial charge on any atom is -0.490 e. The molecule has 0 aromatic heterocycles. The van der Waals surface area contributed by atoms with Crippen LogP contribution in [0.5, 0.6) is 5.75 Å². The van der Waals surface area contributed by atoms with Crippen molar-refractivity contribution >= 4 is 15.9 Å². The molecule has 174 valence electrons. The number of benzene rings is 2. The Balaban J connectivity index is 1.30. The van der Waals surface area contributed by atoms with E-state index in [1.54, 1.807) is 0 Å². The summed E-state index contributed by atoms with van der Waals surface area (Å²) < 4.78 is 33.3. The average Bonchev–Trinajstić information content (AvgIpc) is 3.36. The van der Waals surface area contributed by atoms with Gasteiger partial charge in [-0.2, -0.15) is 9.57 Å². The van der Waals surface area contributed by atoms with Crippen molar-refractivity contribution < 1.29 is 17.9 Å². The van der Waals surface area contributed by atoms with Gasteiger partial charge in [-0.05, 0) is 68.9 Å². The molecule has 1 amide bonds. The Kier molecular flexibility index (Phi) is 7.31. The van der Waals surface area contributed by atoms with Gasteiger partial charge in [0.15, 0.2) is 0 Å². The number of carbonyl (C=O) groups is 1. The number of ether oxygens (including phenoxy) is 1. The Morgan fingerprint density at radius 1 is 1.03 bits per heavy atom. The number of hydrogen-bond donors (Lipinski definition) is 1. The van der Waals surface area contributed by atoms with Gasteiger partial charge < -0.3 is 10.1 Å². The summed E-state index contributed by atoms with van der Waals surface area (Å²) in [6, 6.07) is 15.7. The molecule has 0 unspecified atom stereocenters. The number of sulfonamides is 1. The number of piperidine rings is 1. The Labute approximate surface area is 195 Å². The van der Waals surface area contributed by atoms with Crippen molar-refractivity contribution in [2.24, 2.45) is 5.92 Å². The molecule has 33 heavy (non-hydrogen) atoms. The van der Waals surface area contributed by atoms with Crippen molar-refractivity contribution in [3.05, 3.63) is 59.7 Å². The normalized spacial score (nSPS) is 18.0. The predicted molar refractivity (Wildman–Crippen MR) is 124 cm³/mol. The van der Waals surface area contributed by atoms with E-state index in [1.807, 2.05) is 30.3 Å². The fourth-order valence-corrected chi connectivity index (χ4v) is 5.96. The molecular formula is C25H29N3O4S. The molecule has 8 heteroatoms. The molecule has 2 aliphatic rings. The van der Waals surface area contributed by atoms with Crippen LogP contribution in [0, 0.1) is 17.2 Å². The van der Waals surface area contributed by atoms with E-state index in [1.165, 1.54) is 41.4 Å². The zero-order valence-corrected chi connectivity index (χ0v) is 19.4. The number of amides is 1. The minimum absolute atomic E-state index is 0.0545. The van der Waals surface area contributed by atoms with Crippen LogP contribution in [0.2, 0.25) is 0 Å². The summed E-state index contributed by atoms with van der Waals surface area (Å²) in [5.74, 6) is 0.550. The molecular weight excluding hydrogens is 438 g/mol. The molecule has 1 N–H and O–H groups in total. The maximum atomic E-state index is 12.9. The molecule has 2 aromatic carbocycles. The van der Waals surface area contributed by atoms with E-state index in [0.29, 0.717) is 38.0 Å². The molecule has 1 saturated carbocycles. The molecule has 0 radical (unpaired) electrons. The average molecular weight is 468 g/mol. The monoisotopic (exact) mass is 467 g/mol. The van der Waals surface area contributed by atoms with Crippen molar-refractivity contribution in [3.8, 4) is 11.8 Å². The largest absolute Gasteiger partial charge is 0.490 e. The number of nitriles is 1. The van der Waals surface area contributed by atoms with E-state index < -0.39 is 10.0 Å². The molecule has 0 spiro atoms. The number of para-hydroxylation sites is 1. The van der Waals surface area contributed by atoms with Gasteiger partial charge in [-0.1, -0.05) is 18.2 Å². The SMILES string of the molecule is N#Cc1ccc(S(=O)(=O)N2CCC(C(=O)NCc3ccccc3OC3CCCC3)CC2)cc1. The lowest BCUT2D eigenvalue weighted by atomic mass is 9.97. The fourth-order valence-electron chi connectivity index (χ4n) is 4.49. The number of carbonyl (C=O) groups excluding carboxylic acids is 1. The van der Waals surface area contributed by atoms with Crippen LogP contribution in [0.1, 0.15) is 49.7 Å². The van der Waals surface area contributed by atoms with Crippen LogP contribution in [0.25, 0.3) is 0 Å². The second-order valence-corrected chi connectivity index (χ2v) is 10.6. The lowest BCUT2D eigenvalue weighted by Gasteiger charge is -2.30. The Bertz CT molecular complexity index is 1110. The van der Waals surface area contributed by atoms with E-state index in [2.05, 4.69) is 5.32 Å². The van der Waals surface area contributed by atoms with E-state index in [0.717, 1.165) is 24.2 Å². The Hall–Kier alpha value is -2.89. The van der Waals surface area contributed by atoms with Gasteiger partial charge in [0.25, 0.3) is 0 Å². The molecule has 1 saturated heterocycles. The smallest absolute Gasteiger partial charge is 0.243 e. The highest BCUT2D eigenvalue weighted by atomic mass is 32.2. The highest BCUT2D eigenvalue weighted by Crippen LogP contribution is 2.27. The van der Waals surface area contributed by atoms with Crippen LogP contribution in [-0.4, -0.2) is 37.8 Å². The molecule has 1 aliphatic carbocycles. The van der Waals surface area contributed by atoms with Gasteiger partial charge in [-0.25, -0.2) is 8.42 Å². The summed E-state index contributed by atoms with van der Waals surface area (Å²) in [5.41, 5.74) is 1.37. The van der Waals surface area contributed by atoms with Crippen LogP contribution < -0.4 is 10.1 Å². The maximum absolute atomic E-state index is 12.9. The van der Waals surface area contributed by atoms with E-state index in [4.69, 9.17) is 10.00 Å². The van der Waals surface area contributed by atoms with E-state index >= 15 is 0 Å². The van der Waals surface area contributed by atoms with Crippen LogP contribution in [-0.2, 0) is 21.4 Å². The first-order valence-corrected chi connectivity index (χ1v) is 12.9. The van der Waals surface area contributed by atoms with Gasteiger partial charge >= 0.3 is 0 Å². The summed E-state index contributed by atoms with van der Waals surface area (Å²) in [6.07, 6.45) is 5.74. The van der Waals surface area contributed by atoms with Crippen molar-refractivity contribution in [3.63, 3.8) is 0 Å². The summed E-state index contributed by atoms with van der Waals surface area (Å²) in [5, 5.41) is 11.9. The first-order chi connectivity index (χ1) is 16.0. The van der Waals surface area contributed by atoms with Crippen LogP contribution in [0.15, 0.2) is 53.4 Å². The molecule has 2 fully saturated rings. The van der Waals surface area contributed by atoms with Crippen molar-refractivity contribution in [2.75, 3.05) is 13.1 Å². The zero-order valence-electron chi connectivity index (χ0n) is 18.6. The lowest BCUT2D eigenvalue weighted by Crippen LogP contribution is -2.42. The highest BCUT2D eigenvalue weighted by molar-refractivity contribution is 7.89. The number of hydrogen-bond acceptors (Lipinski definition) is 5. The van der Waals surface area contributed by atoms with Crippen LogP contribution in [0.3, 0.4) is 0 Å². The van der Waals surface area contributed by atoms with Crippen molar-refractivity contribution in [2.45, 2.75) is 56.1 Å². The predicted octanol–water partition coefficient (Wildman–Crippen LogP) is 3.60. The lowest BCUT2D eigenvalue weighted by molar-refractivity contribution is -0.126. The number of nitrogens with zero attached hydrogens (tertiary/aromatic N) is 2. The number of nitrogens with one attached hydrogen (secondary N) is 1. The fraction of sp³-hybridized carbons (Fsp3) is 0.440. The Morgan fingerprint density at radius 2 is 1.70 bits per heavy atom. The third-order valence-corrected chi connectivity index (χ3v) is 8.38. The summed E-state index contributed by atoms with van der Waals surface area (Å²) in [4.78, 5) is 12.9. The third-order valence-electron chi connectivity index (χ3n) is 6.47. The second-order valence-electron chi connectivity index (χ2n) is 8.66. The zero-order chi connectivity index (χ0) is 23.3. The van der Waals surface area contributed by atoms with E-state index in [-0.39, 0.29) is 22.8 Å². The summed E-state index contributed by atoms with van der Waals surface area (Å²) in [6.45, 7) is 0.981. The highest BCUT2D eigenvalue weighted by Gasteiger charge is 2.32. The van der Waals surface area contributed by atoms with Gasteiger partial charge in [0.2, 0.25) is 15.9 Å². The topological polar surface area (TPSA) is 99.5 Å². The molecule has 1 heterocycles. The minimum atomic E-state index is -3.63. The first kappa shape index (κ1) is 23.3. The second kappa shape index (κ2) is 10.4. The molecule has 1 aliphatic heterocycles. The van der Waals surface area contributed by atoms with Crippen molar-refractivity contribution in [1.29, 1.82) is 5.26 Å². The first-order valence-electron chi connectivity index (χ1n) is 11.5. The molecule has 0 atom stereocenters. The Morgan fingerprint density at radius 3 is 2.36 bits per heavy atom. The van der Waals surface area contributed by atoms with Gasteiger partial charge in [-0.15, -0.1) is 0 Å². The molecule has 4 rings (SSSR count). The summed E-state index contributed by atoms with van der Waals surface area (Å²) >= 11 is 0. The van der Waals surface area contributed by atoms with E-state index in [9.17, 15) is 13.2 Å². The third kappa shape index (κ3) is 5.55. The van der Waals surface area contributed by atoms with Crippen LogP contribution >= 0.6 is 0 Å².